The number of rotatable bonds is 5. The first-order valence-electron chi connectivity index (χ1n) is 6.44. The highest BCUT2D eigenvalue weighted by Crippen LogP contribution is 2.20. The first-order chi connectivity index (χ1) is 9.97. The predicted molar refractivity (Wildman–Crippen MR) is 85.8 cm³/mol. The number of hydrogen-bond acceptors (Lipinski definition) is 3. The molecule has 0 aliphatic heterocycles. The molecule has 0 aliphatic carbocycles. The Hall–Kier alpha value is -1.46. The molecule has 1 unspecified atom stereocenters. The van der Waals surface area contributed by atoms with Gasteiger partial charge in [0, 0.05) is 30.2 Å². The first kappa shape index (κ1) is 17.6. The Labute approximate surface area is 134 Å². The van der Waals surface area contributed by atoms with Crippen molar-refractivity contribution in [3.05, 3.63) is 33.8 Å². The third-order valence-corrected chi connectivity index (χ3v) is 3.45. The Morgan fingerprint density at radius 2 is 2.10 bits per heavy atom. The molecule has 7 heteroatoms. The number of halogens is 2. The number of nitrogens with one attached hydrogen (secondary N) is 2. The van der Waals surface area contributed by atoms with Gasteiger partial charge in [-0.15, -0.1) is 0 Å². The van der Waals surface area contributed by atoms with Crippen LogP contribution >= 0.6 is 23.2 Å². The summed E-state index contributed by atoms with van der Waals surface area (Å²) in [6, 6.07) is 5.32. The molecule has 0 spiro atoms. The van der Waals surface area contributed by atoms with Gasteiger partial charge in [0.1, 0.15) is 0 Å². The Kier molecular flexibility index (Phi) is 7.32. The fourth-order valence-electron chi connectivity index (χ4n) is 1.60. The first-order valence-corrected chi connectivity index (χ1v) is 7.19. The molecule has 0 heterocycles. The van der Waals surface area contributed by atoms with Gasteiger partial charge in [-0.25, -0.2) is 0 Å². The monoisotopic (exact) mass is 331 g/mol. The third kappa shape index (κ3) is 5.81. The number of hydrogen-bond donors (Lipinski definition) is 2. The lowest BCUT2D eigenvalue weighted by Gasteiger charge is -2.15. The van der Waals surface area contributed by atoms with E-state index in [1.807, 2.05) is 6.07 Å². The molecule has 2 N–H and O–H groups in total. The summed E-state index contributed by atoms with van der Waals surface area (Å²) in [6.07, 6.45) is 0. The van der Waals surface area contributed by atoms with Crippen LogP contribution in [-0.2, 0) is 16.1 Å². The van der Waals surface area contributed by atoms with Crippen molar-refractivity contribution >= 4 is 35.1 Å². The van der Waals surface area contributed by atoms with E-state index < -0.39 is 0 Å². The minimum absolute atomic E-state index is 0.257. The second kappa shape index (κ2) is 8.74. The Bertz CT molecular complexity index is 521. The summed E-state index contributed by atoms with van der Waals surface area (Å²) < 4.78 is 4.66. The molecular weight excluding hydrogens is 313 g/mol. The van der Waals surface area contributed by atoms with Gasteiger partial charge < -0.3 is 15.4 Å². The Balaban J connectivity index is 2.50. The Morgan fingerprint density at radius 1 is 1.38 bits per heavy atom. The average Bonchev–Trinajstić information content (AvgIpc) is 2.47. The molecule has 1 rings (SSSR count). The van der Waals surface area contributed by atoms with Crippen molar-refractivity contribution in [2.75, 3.05) is 20.7 Å². The summed E-state index contributed by atoms with van der Waals surface area (Å²) in [7, 11) is 3.02. The van der Waals surface area contributed by atoms with Crippen LogP contribution in [0.4, 0.5) is 0 Å². The van der Waals surface area contributed by atoms with Crippen molar-refractivity contribution in [2.45, 2.75) is 13.5 Å². The summed E-state index contributed by atoms with van der Waals surface area (Å²) in [5.41, 5.74) is 0.907. The van der Waals surface area contributed by atoms with Crippen LogP contribution in [0.25, 0.3) is 0 Å². The normalized spacial score (nSPS) is 12.7. The predicted octanol–water partition coefficient (Wildman–Crippen LogP) is 2.47. The van der Waals surface area contributed by atoms with Gasteiger partial charge in [-0.2, -0.15) is 0 Å². The van der Waals surface area contributed by atoms with Crippen LogP contribution in [0.2, 0.25) is 10.0 Å². The van der Waals surface area contributed by atoms with Crippen LogP contribution < -0.4 is 10.6 Å². The molecule has 0 bridgehead atoms. The summed E-state index contributed by atoms with van der Waals surface area (Å²) in [6.45, 7) is 2.71. The standard InChI is InChI=1S/C14H19Cl2N3O2/c1-9(13(20)21-3)7-18-14(17-2)19-8-10-4-5-11(15)6-12(10)16/h4-6,9H,7-8H2,1-3H3,(H2,17,18,19). The molecular formula is C14H19Cl2N3O2. The van der Waals surface area contributed by atoms with E-state index in [0.717, 1.165) is 5.56 Å². The van der Waals surface area contributed by atoms with E-state index in [1.54, 1.807) is 26.1 Å². The van der Waals surface area contributed by atoms with Gasteiger partial charge in [0.15, 0.2) is 5.96 Å². The molecule has 0 saturated heterocycles. The van der Waals surface area contributed by atoms with Crippen LogP contribution in [-0.4, -0.2) is 32.6 Å². The number of esters is 1. The smallest absolute Gasteiger partial charge is 0.310 e. The van der Waals surface area contributed by atoms with Crippen LogP contribution in [0.15, 0.2) is 23.2 Å². The third-order valence-electron chi connectivity index (χ3n) is 2.86. The Morgan fingerprint density at radius 3 is 2.67 bits per heavy atom. The molecule has 0 amide bonds. The topological polar surface area (TPSA) is 62.7 Å². The second-order valence-corrected chi connectivity index (χ2v) is 5.31. The molecule has 1 atom stereocenters. The van der Waals surface area contributed by atoms with Gasteiger partial charge in [-0.3, -0.25) is 9.79 Å². The van der Waals surface area contributed by atoms with Crippen LogP contribution in [0.5, 0.6) is 0 Å². The minimum Gasteiger partial charge on any atom is -0.469 e. The van der Waals surface area contributed by atoms with E-state index >= 15 is 0 Å². The minimum atomic E-state index is -0.265. The molecule has 5 nitrogen and oxygen atoms in total. The number of carbonyl (C=O) groups is 1. The highest BCUT2D eigenvalue weighted by molar-refractivity contribution is 6.35. The molecule has 0 radical (unpaired) electrons. The number of nitrogens with zero attached hydrogens (tertiary/aromatic N) is 1. The molecule has 21 heavy (non-hydrogen) atoms. The zero-order valence-electron chi connectivity index (χ0n) is 12.2. The zero-order chi connectivity index (χ0) is 15.8. The van der Waals surface area contributed by atoms with Crippen LogP contribution in [0.1, 0.15) is 12.5 Å². The summed E-state index contributed by atoms with van der Waals surface area (Å²) in [5, 5.41) is 7.36. The number of guanidine groups is 1. The van der Waals surface area contributed by atoms with Gasteiger partial charge in [-0.05, 0) is 17.7 Å². The van der Waals surface area contributed by atoms with Crippen molar-refractivity contribution in [2.24, 2.45) is 10.9 Å². The molecule has 116 valence electrons. The quantitative estimate of drug-likeness (QED) is 0.494. The largest absolute Gasteiger partial charge is 0.469 e. The lowest BCUT2D eigenvalue weighted by molar-refractivity contribution is -0.144. The van der Waals surface area contributed by atoms with E-state index in [2.05, 4.69) is 20.4 Å². The van der Waals surface area contributed by atoms with Gasteiger partial charge in [0.25, 0.3) is 0 Å². The number of benzene rings is 1. The number of methoxy groups -OCH3 is 1. The van der Waals surface area contributed by atoms with Gasteiger partial charge in [-0.1, -0.05) is 36.2 Å². The van der Waals surface area contributed by atoms with Crippen molar-refractivity contribution < 1.29 is 9.53 Å². The maximum absolute atomic E-state index is 11.3. The number of aliphatic imine (C=N–C) groups is 1. The average molecular weight is 332 g/mol. The van der Waals surface area contributed by atoms with Crippen molar-refractivity contribution in [3.63, 3.8) is 0 Å². The maximum Gasteiger partial charge on any atom is 0.310 e. The van der Waals surface area contributed by atoms with E-state index in [-0.39, 0.29) is 11.9 Å². The van der Waals surface area contributed by atoms with E-state index in [4.69, 9.17) is 23.2 Å². The molecule has 0 aliphatic rings. The lowest BCUT2D eigenvalue weighted by Crippen LogP contribution is -2.40. The van der Waals surface area contributed by atoms with Crippen LogP contribution in [0, 0.1) is 5.92 Å². The maximum atomic E-state index is 11.3. The van der Waals surface area contributed by atoms with Gasteiger partial charge >= 0.3 is 5.97 Å². The van der Waals surface area contributed by atoms with Crippen molar-refractivity contribution in [3.8, 4) is 0 Å². The molecule has 0 aromatic heterocycles. The summed E-state index contributed by atoms with van der Waals surface area (Å²) in [5.74, 6) is 0.0585. The van der Waals surface area contributed by atoms with Gasteiger partial charge in [0.05, 0.1) is 13.0 Å². The second-order valence-electron chi connectivity index (χ2n) is 4.47. The summed E-state index contributed by atoms with van der Waals surface area (Å²) >= 11 is 11.9. The lowest BCUT2D eigenvalue weighted by atomic mass is 10.2. The zero-order valence-corrected chi connectivity index (χ0v) is 13.8. The summed E-state index contributed by atoms with van der Waals surface area (Å²) in [4.78, 5) is 15.4. The fraction of sp³-hybridized carbons (Fsp3) is 0.429. The van der Waals surface area contributed by atoms with E-state index in [1.165, 1.54) is 7.11 Å². The SMILES string of the molecule is CN=C(NCc1ccc(Cl)cc1Cl)NCC(C)C(=O)OC. The van der Waals surface area contributed by atoms with E-state index in [9.17, 15) is 4.79 Å². The molecule has 1 aromatic carbocycles. The highest BCUT2D eigenvalue weighted by Gasteiger charge is 2.13. The fourth-order valence-corrected chi connectivity index (χ4v) is 2.07. The van der Waals surface area contributed by atoms with Crippen molar-refractivity contribution in [1.82, 2.24) is 10.6 Å². The number of carbonyl (C=O) groups excluding carboxylic acids is 1. The molecule has 1 aromatic rings. The van der Waals surface area contributed by atoms with Crippen molar-refractivity contribution in [1.29, 1.82) is 0 Å². The van der Waals surface area contributed by atoms with Gasteiger partial charge in [0.2, 0.25) is 0 Å². The molecule has 0 saturated carbocycles. The molecule has 0 fully saturated rings. The van der Waals surface area contributed by atoms with E-state index in [0.29, 0.717) is 29.1 Å². The van der Waals surface area contributed by atoms with Crippen LogP contribution in [0.3, 0.4) is 0 Å². The number of ether oxygens (including phenoxy) is 1. The highest BCUT2D eigenvalue weighted by atomic mass is 35.5.